The van der Waals surface area contributed by atoms with E-state index < -0.39 is 0 Å². The highest BCUT2D eigenvalue weighted by atomic mass is 16.5. The molecule has 2 aromatic rings. The number of aromatic nitrogens is 1. The summed E-state index contributed by atoms with van der Waals surface area (Å²) in [5.41, 5.74) is 2.16. The van der Waals surface area contributed by atoms with E-state index in [1.54, 1.807) is 20.4 Å². The minimum absolute atomic E-state index is 0.487. The average molecular weight is 372 g/mol. The molecule has 1 aromatic carbocycles. The molecule has 1 heterocycles. The minimum atomic E-state index is 0.487. The maximum atomic E-state index is 5.46. The van der Waals surface area contributed by atoms with Crippen molar-refractivity contribution in [3.8, 4) is 11.6 Å². The summed E-state index contributed by atoms with van der Waals surface area (Å²) in [6, 6.07) is 11.8. The third-order valence-corrected chi connectivity index (χ3v) is 3.72. The second-order valence-corrected chi connectivity index (χ2v) is 5.74. The molecule has 7 nitrogen and oxygen atoms in total. The Labute approximate surface area is 160 Å². The zero-order valence-corrected chi connectivity index (χ0v) is 16.2. The molecule has 0 aliphatic heterocycles. The summed E-state index contributed by atoms with van der Waals surface area (Å²) in [4.78, 5) is 8.89. The second kappa shape index (κ2) is 11.7. The fourth-order valence-electron chi connectivity index (χ4n) is 2.26. The van der Waals surface area contributed by atoms with Crippen LogP contribution in [0.5, 0.6) is 11.6 Å². The van der Waals surface area contributed by atoms with Gasteiger partial charge in [-0.1, -0.05) is 18.2 Å². The Kier molecular flexibility index (Phi) is 8.92. The molecule has 27 heavy (non-hydrogen) atoms. The van der Waals surface area contributed by atoms with Crippen LogP contribution in [-0.2, 0) is 17.8 Å². The van der Waals surface area contributed by atoms with Crippen LogP contribution in [0.15, 0.2) is 47.6 Å². The molecule has 0 spiro atoms. The third kappa shape index (κ3) is 7.53. The van der Waals surface area contributed by atoms with Crippen LogP contribution in [0.1, 0.15) is 18.1 Å². The van der Waals surface area contributed by atoms with Crippen molar-refractivity contribution in [3.05, 3.63) is 53.7 Å². The monoisotopic (exact) mass is 372 g/mol. The molecule has 2 N–H and O–H groups in total. The average Bonchev–Trinajstić information content (AvgIpc) is 2.71. The summed E-state index contributed by atoms with van der Waals surface area (Å²) in [5, 5.41) is 6.58. The number of ether oxygens (including phenoxy) is 3. The molecule has 0 bridgehead atoms. The van der Waals surface area contributed by atoms with Crippen molar-refractivity contribution in [1.29, 1.82) is 0 Å². The van der Waals surface area contributed by atoms with Crippen LogP contribution < -0.4 is 20.1 Å². The summed E-state index contributed by atoms with van der Waals surface area (Å²) in [6.07, 6.45) is 1.78. The van der Waals surface area contributed by atoms with Gasteiger partial charge in [-0.3, -0.25) is 0 Å². The Morgan fingerprint density at radius 3 is 2.41 bits per heavy atom. The van der Waals surface area contributed by atoms with Gasteiger partial charge in [-0.05, 0) is 30.2 Å². The van der Waals surface area contributed by atoms with E-state index in [9.17, 15) is 0 Å². The number of hydrogen-bond donors (Lipinski definition) is 2. The van der Waals surface area contributed by atoms with Crippen molar-refractivity contribution >= 4 is 5.96 Å². The molecule has 0 aliphatic carbocycles. The quantitative estimate of drug-likeness (QED) is 0.379. The van der Waals surface area contributed by atoms with E-state index in [0.29, 0.717) is 32.2 Å². The van der Waals surface area contributed by atoms with Gasteiger partial charge in [0.2, 0.25) is 5.88 Å². The van der Waals surface area contributed by atoms with Gasteiger partial charge < -0.3 is 24.8 Å². The Balaban J connectivity index is 1.87. The number of aliphatic imine (C=N–C) groups is 1. The summed E-state index contributed by atoms with van der Waals surface area (Å²) in [6.45, 7) is 5.07. The maximum absolute atomic E-state index is 5.46. The van der Waals surface area contributed by atoms with Gasteiger partial charge in [0.1, 0.15) is 12.4 Å². The van der Waals surface area contributed by atoms with E-state index in [2.05, 4.69) is 20.6 Å². The molecule has 0 amide bonds. The van der Waals surface area contributed by atoms with Crippen LogP contribution in [0, 0.1) is 0 Å². The van der Waals surface area contributed by atoms with Gasteiger partial charge in [0.05, 0.1) is 20.3 Å². The topological polar surface area (TPSA) is 77.0 Å². The van der Waals surface area contributed by atoms with Gasteiger partial charge in [0, 0.05) is 32.5 Å². The molecular weight excluding hydrogens is 344 g/mol. The lowest BCUT2D eigenvalue weighted by Gasteiger charge is -2.12. The molecule has 2 rings (SSSR count). The molecule has 0 saturated heterocycles. The summed E-state index contributed by atoms with van der Waals surface area (Å²) in [7, 11) is 3.30. The summed E-state index contributed by atoms with van der Waals surface area (Å²) in [5.74, 6) is 2.19. The summed E-state index contributed by atoms with van der Waals surface area (Å²) < 4.78 is 15.6. The number of guanidine groups is 1. The van der Waals surface area contributed by atoms with Gasteiger partial charge in [-0.25, -0.2) is 9.98 Å². The predicted octanol–water partition coefficient (Wildman–Crippen LogP) is 2.37. The van der Waals surface area contributed by atoms with Crippen molar-refractivity contribution in [2.24, 2.45) is 4.99 Å². The first-order valence-corrected chi connectivity index (χ1v) is 8.97. The Bertz CT molecular complexity index is 687. The number of pyridine rings is 1. The molecule has 7 heteroatoms. The van der Waals surface area contributed by atoms with Crippen molar-refractivity contribution in [1.82, 2.24) is 15.6 Å². The van der Waals surface area contributed by atoms with Crippen LogP contribution in [-0.4, -0.2) is 44.9 Å². The van der Waals surface area contributed by atoms with Gasteiger partial charge >= 0.3 is 0 Å². The highest BCUT2D eigenvalue weighted by molar-refractivity contribution is 5.79. The Hall–Kier alpha value is -2.80. The fraction of sp³-hybridized carbons (Fsp3) is 0.400. The predicted molar refractivity (Wildman–Crippen MR) is 106 cm³/mol. The molecule has 0 radical (unpaired) electrons. The molecule has 1 aromatic heterocycles. The normalized spacial score (nSPS) is 11.1. The highest BCUT2D eigenvalue weighted by Gasteiger charge is 2.01. The molecule has 146 valence electrons. The van der Waals surface area contributed by atoms with E-state index in [-0.39, 0.29) is 0 Å². The van der Waals surface area contributed by atoms with Crippen LogP contribution >= 0.6 is 0 Å². The lowest BCUT2D eigenvalue weighted by atomic mass is 10.2. The van der Waals surface area contributed by atoms with E-state index in [1.807, 2.05) is 43.3 Å². The number of benzene rings is 1. The number of hydrogen-bond acceptors (Lipinski definition) is 5. The highest BCUT2D eigenvalue weighted by Crippen LogP contribution is 2.11. The lowest BCUT2D eigenvalue weighted by molar-refractivity contribution is 0.143. The minimum Gasteiger partial charge on any atom is -0.497 e. The lowest BCUT2D eigenvalue weighted by Crippen LogP contribution is -2.36. The van der Waals surface area contributed by atoms with Gasteiger partial charge in [0.25, 0.3) is 0 Å². The SMILES string of the molecule is CCNC(=NCc1ccc(OCCOC)nc1)NCc1ccc(OC)cc1. The number of nitrogens with zero attached hydrogens (tertiary/aromatic N) is 2. The van der Waals surface area contributed by atoms with Crippen molar-refractivity contribution in [3.63, 3.8) is 0 Å². The van der Waals surface area contributed by atoms with Crippen molar-refractivity contribution in [2.75, 3.05) is 34.0 Å². The zero-order valence-electron chi connectivity index (χ0n) is 16.2. The smallest absolute Gasteiger partial charge is 0.213 e. The first-order valence-electron chi connectivity index (χ1n) is 8.97. The van der Waals surface area contributed by atoms with Crippen LogP contribution in [0.2, 0.25) is 0 Å². The molecule has 0 aliphatic rings. The number of methoxy groups -OCH3 is 2. The largest absolute Gasteiger partial charge is 0.497 e. The second-order valence-electron chi connectivity index (χ2n) is 5.74. The fourth-order valence-corrected chi connectivity index (χ4v) is 2.26. The van der Waals surface area contributed by atoms with Gasteiger partial charge in [-0.15, -0.1) is 0 Å². The van der Waals surface area contributed by atoms with Crippen molar-refractivity contribution < 1.29 is 14.2 Å². The Morgan fingerprint density at radius 1 is 1.00 bits per heavy atom. The van der Waals surface area contributed by atoms with Crippen molar-refractivity contribution in [2.45, 2.75) is 20.0 Å². The van der Waals surface area contributed by atoms with E-state index >= 15 is 0 Å². The molecule has 0 atom stereocenters. The maximum Gasteiger partial charge on any atom is 0.213 e. The van der Waals surface area contributed by atoms with E-state index in [4.69, 9.17) is 14.2 Å². The first-order chi connectivity index (χ1) is 13.2. The van der Waals surface area contributed by atoms with Crippen LogP contribution in [0.25, 0.3) is 0 Å². The standard InChI is InChI=1S/C20H28N4O3/c1-4-21-20(23-13-16-5-8-18(26-3)9-6-16)24-15-17-7-10-19(22-14-17)27-12-11-25-2/h5-10,14H,4,11-13,15H2,1-3H3,(H2,21,23,24). The number of rotatable bonds is 10. The van der Waals surface area contributed by atoms with Crippen LogP contribution in [0.4, 0.5) is 0 Å². The molecule has 0 unspecified atom stereocenters. The van der Waals surface area contributed by atoms with E-state index in [1.165, 1.54) is 0 Å². The van der Waals surface area contributed by atoms with Crippen LogP contribution in [0.3, 0.4) is 0 Å². The Morgan fingerprint density at radius 2 is 1.78 bits per heavy atom. The zero-order chi connectivity index (χ0) is 19.3. The molecular formula is C20H28N4O3. The van der Waals surface area contributed by atoms with Gasteiger partial charge in [0.15, 0.2) is 5.96 Å². The third-order valence-electron chi connectivity index (χ3n) is 3.72. The molecule has 0 saturated carbocycles. The van der Waals surface area contributed by atoms with E-state index in [0.717, 1.165) is 29.4 Å². The molecule has 0 fully saturated rings. The van der Waals surface area contributed by atoms with Gasteiger partial charge in [-0.2, -0.15) is 0 Å². The number of nitrogens with one attached hydrogen (secondary N) is 2. The first kappa shape index (κ1) is 20.5. The summed E-state index contributed by atoms with van der Waals surface area (Å²) >= 11 is 0.